The number of benzene rings is 1. The summed E-state index contributed by atoms with van der Waals surface area (Å²) in [6.45, 7) is 0.956. The van der Waals surface area contributed by atoms with Crippen LogP contribution in [0.3, 0.4) is 0 Å². The van der Waals surface area contributed by atoms with Crippen LogP contribution >= 0.6 is 11.6 Å². The fourth-order valence-corrected chi connectivity index (χ4v) is 5.90. The number of halogens is 4. The zero-order chi connectivity index (χ0) is 28.6. The fourth-order valence-electron chi connectivity index (χ4n) is 5.64. The van der Waals surface area contributed by atoms with Crippen molar-refractivity contribution in [2.24, 2.45) is 11.8 Å². The lowest BCUT2D eigenvalue weighted by molar-refractivity contribution is -0.137. The molecule has 0 amide bonds. The molecule has 0 spiro atoms. The predicted molar refractivity (Wildman–Crippen MR) is 147 cm³/mol. The molecule has 4 aromatic rings. The second-order valence-electron chi connectivity index (χ2n) is 10.8. The smallest absolute Gasteiger partial charge is 0.394 e. The molecular weight excluding hydrogens is 547 g/mol. The molecule has 0 saturated heterocycles. The van der Waals surface area contributed by atoms with Crippen LogP contribution in [0.15, 0.2) is 30.7 Å². The van der Waals surface area contributed by atoms with Crippen LogP contribution in [0, 0.1) is 11.8 Å². The lowest BCUT2D eigenvalue weighted by Gasteiger charge is -2.43. The number of anilines is 1. The molecule has 1 aliphatic rings. The van der Waals surface area contributed by atoms with Crippen molar-refractivity contribution in [3.8, 4) is 0 Å². The number of nitrogens with two attached hydrogens (primary N) is 1. The van der Waals surface area contributed by atoms with Crippen molar-refractivity contribution in [2.45, 2.75) is 57.0 Å². The minimum absolute atomic E-state index is 0.130. The number of hydrogen-bond donors (Lipinski definition) is 4. The Morgan fingerprint density at radius 2 is 2.05 bits per heavy atom. The topological polar surface area (TPSA) is 129 Å². The molecule has 40 heavy (non-hydrogen) atoms. The number of imidazole rings is 1. The van der Waals surface area contributed by atoms with E-state index in [9.17, 15) is 23.4 Å². The Labute approximate surface area is 234 Å². The van der Waals surface area contributed by atoms with Gasteiger partial charge in [0.05, 0.1) is 39.7 Å². The van der Waals surface area contributed by atoms with E-state index < -0.39 is 17.8 Å². The van der Waals surface area contributed by atoms with Crippen molar-refractivity contribution in [3.05, 3.63) is 47.1 Å². The van der Waals surface area contributed by atoms with Crippen LogP contribution in [0.4, 0.5) is 19.0 Å². The van der Waals surface area contributed by atoms with E-state index in [0.29, 0.717) is 60.6 Å². The highest BCUT2D eigenvalue weighted by Crippen LogP contribution is 2.38. The monoisotopic (exact) mass is 579 g/mol. The molecule has 3 heterocycles. The Bertz CT molecular complexity index is 1470. The summed E-state index contributed by atoms with van der Waals surface area (Å²) in [5.41, 5.74) is 6.56. The molecule has 2 atom stereocenters. The van der Waals surface area contributed by atoms with Crippen LogP contribution in [0.5, 0.6) is 0 Å². The number of nitrogens with zero attached hydrogens (tertiary/aromatic N) is 5. The number of aromatic nitrogens is 5. The highest BCUT2D eigenvalue weighted by atomic mass is 35.5. The number of alkyl halides is 3. The second-order valence-corrected chi connectivity index (χ2v) is 11.2. The molecule has 1 aromatic carbocycles. The lowest BCUT2D eigenvalue weighted by atomic mass is 9.76. The van der Waals surface area contributed by atoms with E-state index in [0.717, 1.165) is 36.4 Å². The van der Waals surface area contributed by atoms with Crippen molar-refractivity contribution in [2.75, 3.05) is 25.9 Å². The third kappa shape index (κ3) is 6.04. The Hall–Kier alpha value is -2.93. The summed E-state index contributed by atoms with van der Waals surface area (Å²) < 4.78 is 41.4. The van der Waals surface area contributed by atoms with Crippen molar-refractivity contribution < 1.29 is 23.4 Å². The van der Waals surface area contributed by atoms with Crippen molar-refractivity contribution in [1.82, 2.24) is 29.4 Å². The molecule has 1 unspecified atom stereocenters. The summed E-state index contributed by atoms with van der Waals surface area (Å²) in [7, 11) is 2.04. The number of hydrogen-bond acceptors (Lipinski definition) is 7. The number of aliphatic hydroxyl groups is 2. The van der Waals surface area contributed by atoms with E-state index in [1.54, 1.807) is 0 Å². The van der Waals surface area contributed by atoms with Gasteiger partial charge in [-0.1, -0.05) is 11.6 Å². The molecule has 1 saturated carbocycles. The first-order valence-corrected chi connectivity index (χ1v) is 13.7. The number of fused-ring (bicyclic) bond motifs is 2. The van der Waals surface area contributed by atoms with Gasteiger partial charge in [-0.2, -0.15) is 13.2 Å². The highest BCUT2D eigenvalue weighted by molar-refractivity contribution is 6.32. The normalized spacial score (nSPS) is 19.4. The van der Waals surface area contributed by atoms with Gasteiger partial charge in [0, 0.05) is 37.7 Å². The van der Waals surface area contributed by atoms with E-state index in [4.69, 9.17) is 17.3 Å². The Kier molecular flexibility index (Phi) is 8.23. The maximum Gasteiger partial charge on any atom is 0.417 e. The number of aromatic amines is 1. The van der Waals surface area contributed by atoms with Crippen LogP contribution < -0.4 is 5.73 Å². The Balaban J connectivity index is 1.12. The van der Waals surface area contributed by atoms with Gasteiger partial charge in [0.2, 0.25) is 0 Å². The van der Waals surface area contributed by atoms with Crippen LogP contribution in [-0.4, -0.2) is 72.0 Å². The third-order valence-corrected chi connectivity index (χ3v) is 8.44. The summed E-state index contributed by atoms with van der Waals surface area (Å²) in [5, 5.41) is 20.6. The van der Waals surface area contributed by atoms with Gasteiger partial charge in [-0.25, -0.2) is 15.0 Å². The summed E-state index contributed by atoms with van der Waals surface area (Å²) in [4.78, 5) is 18.0. The number of nitrogen functional groups attached to an aromatic ring is 1. The van der Waals surface area contributed by atoms with E-state index in [1.165, 1.54) is 12.4 Å². The number of nitrogens with one attached hydrogen (secondary N) is 1. The summed E-state index contributed by atoms with van der Waals surface area (Å²) >= 11 is 5.82. The van der Waals surface area contributed by atoms with Crippen LogP contribution in [0.25, 0.3) is 22.1 Å². The predicted octanol–water partition coefficient (Wildman–Crippen LogP) is 4.26. The molecule has 5 N–H and O–H groups in total. The summed E-state index contributed by atoms with van der Waals surface area (Å²) in [5.74, 6) is 1.43. The van der Waals surface area contributed by atoms with Gasteiger partial charge < -0.3 is 30.4 Å². The van der Waals surface area contributed by atoms with E-state index in [2.05, 4.69) is 24.8 Å². The molecule has 1 aliphatic carbocycles. The van der Waals surface area contributed by atoms with Gasteiger partial charge >= 0.3 is 6.18 Å². The molecule has 9 nitrogen and oxygen atoms in total. The minimum atomic E-state index is -4.52. The third-order valence-electron chi connectivity index (χ3n) is 8.13. The maximum atomic E-state index is 13.2. The zero-order valence-electron chi connectivity index (χ0n) is 22.1. The molecule has 3 aromatic heterocycles. The molecule has 0 bridgehead atoms. The van der Waals surface area contributed by atoms with Crippen molar-refractivity contribution in [3.63, 3.8) is 0 Å². The maximum absolute atomic E-state index is 13.2. The standard InChI is InChI=1S/C27H33ClF3N7O2/c1-37(12-16(23(40)13-39)4-6-38-7-5-18-25(32)33-14-34-26(18)38)17-8-15(9-17)2-3-24-35-21-10-19(27(29,30)31)20(28)11-22(21)36-24/h5,7,10-11,14-17,23,39-40H,2-4,6,8-9,12-13H2,1H3,(H,35,36)(H2,32,33,34)/t15?,16?,17?,23-/m0/s1. The quantitative estimate of drug-likeness (QED) is 0.209. The molecule has 5 rings (SSSR count). The number of rotatable bonds is 11. The first kappa shape index (κ1) is 28.6. The van der Waals surface area contributed by atoms with Crippen molar-refractivity contribution in [1.29, 1.82) is 0 Å². The largest absolute Gasteiger partial charge is 0.417 e. The first-order chi connectivity index (χ1) is 19.0. The van der Waals surface area contributed by atoms with Gasteiger partial charge in [-0.15, -0.1) is 0 Å². The molecular formula is C27H33ClF3N7O2. The number of H-pyrrole nitrogens is 1. The van der Waals surface area contributed by atoms with Crippen LogP contribution in [0.2, 0.25) is 5.02 Å². The molecule has 0 aliphatic heterocycles. The molecule has 13 heteroatoms. The Morgan fingerprint density at radius 3 is 2.77 bits per heavy atom. The van der Waals surface area contributed by atoms with E-state index in [1.807, 2.05) is 23.9 Å². The SMILES string of the molecule is CN(CC(CCn1ccc2c(N)ncnc21)[C@@H](O)CO)C1CC(CCc2nc3cc(Cl)c(C(F)(F)F)cc3[nH]2)C1. The van der Waals surface area contributed by atoms with Gasteiger partial charge in [0.1, 0.15) is 23.6 Å². The summed E-state index contributed by atoms with van der Waals surface area (Å²) in [6, 6.07) is 4.51. The van der Waals surface area contributed by atoms with Crippen LogP contribution in [-0.2, 0) is 19.1 Å². The molecule has 1 fully saturated rings. The Morgan fingerprint density at radius 1 is 1.27 bits per heavy atom. The van der Waals surface area contributed by atoms with Crippen molar-refractivity contribution >= 4 is 39.5 Å². The minimum Gasteiger partial charge on any atom is -0.394 e. The van der Waals surface area contributed by atoms with E-state index in [-0.39, 0.29) is 17.5 Å². The summed E-state index contributed by atoms with van der Waals surface area (Å²) in [6.07, 6.45) is 2.13. The first-order valence-electron chi connectivity index (χ1n) is 13.3. The average molecular weight is 580 g/mol. The second kappa shape index (κ2) is 11.5. The van der Waals surface area contributed by atoms with E-state index >= 15 is 0 Å². The molecule has 0 radical (unpaired) electrons. The lowest BCUT2D eigenvalue weighted by Crippen LogP contribution is -2.46. The van der Waals surface area contributed by atoms with Gasteiger partial charge in [0.15, 0.2) is 0 Å². The van der Waals surface area contributed by atoms with Crippen LogP contribution in [0.1, 0.15) is 37.1 Å². The average Bonchev–Trinajstić information content (AvgIpc) is 3.48. The van der Waals surface area contributed by atoms with Gasteiger partial charge in [-0.3, -0.25) is 0 Å². The number of aryl methyl sites for hydroxylation is 2. The number of aliphatic hydroxyl groups excluding tert-OH is 2. The zero-order valence-corrected chi connectivity index (χ0v) is 22.8. The van der Waals surface area contributed by atoms with Gasteiger partial charge in [-0.05, 0) is 56.8 Å². The van der Waals surface area contributed by atoms with Gasteiger partial charge in [0.25, 0.3) is 0 Å². The highest BCUT2D eigenvalue weighted by Gasteiger charge is 2.35. The molecule has 216 valence electrons. The fraction of sp³-hybridized carbons (Fsp3) is 0.519.